The first-order valence-corrected chi connectivity index (χ1v) is 8.64. The van der Waals surface area contributed by atoms with Gasteiger partial charge < -0.3 is 9.73 Å². The van der Waals surface area contributed by atoms with Crippen molar-refractivity contribution in [2.24, 2.45) is 0 Å². The molecule has 3 aromatic heterocycles. The van der Waals surface area contributed by atoms with E-state index >= 15 is 0 Å². The van der Waals surface area contributed by atoms with Crippen LogP contribution in [-0.4, -0.2) is 26.7 Å². The Morgan fingerprint density at radius 3 is 2.84 bits per heavy atom. The van der Waals surface area contributed by atoms with Gasteiger partial charge >= 0.3 is 0 Å². The average molecular weight is 340 g/mol. The Morgan fingerprint density at radius 1 is 1.36 bits per heavy atom. The van der Waals surface area contributed by atoms with Crippen molar-refractivity contribution < 1.29 is 9.21 Å². The Labute approximate surface area is 147 Å². The number of amides is 1. The van der Waals surface area contributed by atoms with E-state index in [0.29, 0.717) is 11.3 Å². The van der Waals surface area contributed by atoms with Crippen LogP contribution in [0.3, 0.4) is 0 Å². The lowest BCUT2D eigenvalue weighted by Crippen LogP contribution is -2.33. The van der Waals surface area contributed by atoms with Gasteiger partial charge in [-0.05, 0) is 52.3 Å². The molecule has 25 heavy (non-hydrogen) atoms. The first kappa shape index (κ1) is 17.2. The highest BCUT2D eigenvalue weighted by atomic mass is 16.3. The van der Waals surface area contributed by atoms with Gasteiger partial charge in [-0.25, -0.2) is 9.67 Å². The van der Waals surface area contributed by atoms with Crippen molar-refractivity contribution in [3.05, 3.63) is 47.7 Å². The topological polar surface area (TPSA) is 73.0 Å². The molecule has 3 rings (SSSR count). The molecule has 3 heterocycles. The summed E-state index contributed by atoms with van der Waals surface area (Å²) in [6, 6.07) is 5.97. The predicted molar refractivity (Wildman–Crippen MR) is 96.6 cm³/mol. The summed E-state index contributed by atoms with van der Waals surface area (Å²) in [7, 11) is 0. The first-order valence-electron chi connectivity index (χ1n) is 8.64. The van der Waals surface area contributed by atoms with Crippen molar-refractivity contribution in [2.75, 3.05) is 0 Å². The molecule has 0 aliphatic carbocycles. The van der Waals surface area contributed by atoms with Crippen LogP contribution < -0.4 is 5.32 Å². The zero-order valence-electron chi connectivity index (χ0n) is 15.1. The third-order valence-corrected chi connectivity index (χ3v) is 4.27. The Morgan fingerprint density at radius 2 is 2.16 bits per heavy atom. The van der Waals surface area contributed by atoms with Gasteiger partial charge in [0.1, 0.15) is 5.76 Å². The van der Waals surface area contributed by atoms with Crippen molar-refractivity contribution in [2.45, 2.75) is 52.6 Å². The van der Waals surface area contributed by atoms with Gasteiger partial charge in [-0.1, -0.05) is 0 Å². The summed E-state index contributed by atoms with van der Waals surface area (Å²) >= 11 is 0. The molecule has 6 heteroatoms. The number of aromatic nitrogens is 3. The molecular weight excluding hydrogens is 316 g/mol. The van der Waals surface area contributed by atoms with Crippen molar-refractivity contribution in [1.82, 2.24) is 20.1 Å². The number of aryl methyl sites for hydroxylation is 2. The summed E-state index contributed by atoms with van der Waals surface area (Å²) < 4.78 is 7.20. The third-order valence-electron chi connectivity index (χ3n) is 4.27. The Balaban J connectivity index is 1.72. The monoisotopic (exact) mass is 340 g/mol. The number of furan rings is 1. The van der Waals surface area contributed by atoms with Crippen LogP contribution >= 0.6 is 0 Å². The minimum absolute atomic E-state index is 0.0473. The fourth-order valence-corrected chi connectivity index (χ4v) is 2.86. The lowest BCUT2D eigenvalue weighted by Gasteiger charge is -2.14. The Hall–Kier alpha value is -2.63. The second kappa shape index (κ2) is 7.09. The lowest BCUT2D eigenvalue weighted by molar-refractivity contribution is 0.0937. The fourth-order valence-electron chi connectivity index (χ4n) is 2.86. The molecule has 3 aromatic rings. The molecule has 0 saturated carbocycles. The summed E-state index contributed by atoms with van der Waals surface area (Å²) in [6.07, 6.45) is 5.05. The maximum atomic E-state index is 12.6. The van der Waals surface area contributed by atoms with E-state index < -0.39 is 0 Å². The van der Waals surface area contributed by atoms with Gasteiger partial charge in [0.05, 0.1) is 23.7 Å². The summed E-state index contributed by atoms with van der Waals surface area (Å²) in [5.74, 6) is 0.831. The minimum Gasteiger partial charge on any atom is -0.469 e. The van der Waals surface area contributed by atoms with E-state index in [1.54, 1.807) is 12.5 Å². The number of pyridine rings is 1. The van der Waals surface area contributed by atoms with Crippen LogP contribution in [0.15, 0.2) is 35.1 Å². The standard InChI is InChI=1S/C19H24N4O2/c1-12(2)23-18-15(11-20-23)10-17(14(4)22-18)19(24)21-13(3)7-8-16-6-5-9-25-16/h5-6,9-13H,7-8H2,1-4H3,(H,21,24)/t13-/m0/s1. The molecule has 1 amide bonds. The van der Waals surface area contributed by atoms with Gasteiger partial charge in [0.15, 0.2) is 5.65 Å². The van der Waals surface area contributed by atoms with Crippen LogP contribution in [0.25, 0.3) is 11.0 Å². The van der Waals surface area contributed by atoms with E-state index in [1.165, 1.54) is 0 Å². The molecule has 0 aromatic carbocycles. The summed E-state index contributed by atoms with van der Waals surface area (Å²) in [5.41, 5.74) is 2.13. The van der Waals surface area contributed by atoms with Crippen LogP contribution in [0.5, 0.6) is 0 Å². The molecule has 0 aliphatic heterocycles. The zero-order chi connectivity index (χ0) is 18.0. The average Bonchev–Trinajstić information content (AvgIpc) is 3.21. The lowest BCUT2D eigenvalue weighted by atomic mass is 10.1. The summed E-state index contributed by atoms with van der Waals surface area (Å²) in [4.78, 5) is 17.2. The molecule has 1 atom stereocenters. The second-order valence-electron chi connectivity index (χ2n) is 6.71. The van der Waals surface area contributed by atoms with E-state index in [-0.39, 0.29) is 18.0 Å². The molecule has 0 saturated heterocycles. The van der Waals surface area contributed by atoms with Crippen LogP contribution in [0, 0.1) is 6.92 Å². The van der Waals surface area contributed by atoms with Crippen molar-refractivity contribution in [1.29, 1.82) is 0 Å². The fraction of sp³-hybridized carbons (Fsp3) is 0.421. The number of nitrogens with zero attached hydrogens (tertiary/aromatic N) is 3. The molecule has 0 bridgehead atoms. The highest BCUT2D eigenvalue weighted by molar-refractivity contribution is 5.98. The van der Waals surface area contributed by atoms with Gasteiger partial charge in [0, 0.05) is 23.9 Å². The van der Waals surface area contributed by atoms with Gasteiger partial charge in [-0.3, -0.25) is 4.79 Å². The third kappa shape index (κ3) is 3.73. The van der Waals surface area contributed by atoms with E-state index in [9.17, 15) is 4.79 Å². The summed E-state index contributed by atoms with van der Waals surface area (Å²) in [5, 5.41) is 8.30. The number of fused-ring (bicyclic) bond motifs is 1. The van der Waals surface area contributed by atoms with Gasteiger partial charge in [0.2, 0.25) is 0 Å². The van der Waals surface area contributed by atoms with Crippen molar-refractivity contribution in [3.8, 4) is 0 Å². The van der Waals surface area contributed by atoms with Crippen LogP contribution in [0.1, 0.15) is 55.0 Å². The molecule has 0 aliphatic rings. The van der Waals surface area contributed by atoms with Crippen LogP contribution in [0.4, 0.5) is 0 Å². The van der Waals surface area contributed by atoms with E-state index in [0.717, 1.165) is 29.6 Å². The molecule has 6 nitrogen and oxygen atoms in total. The number of nitrogens with one attached hydrogen (secondary N) is 1. The molecule has 0 fully saturated rings. The van der Waals surface area contributed by atoms with Gasteiger partial charge in [0.25, 0.3) is 5.91 Å². The number of hydrogen-bond acceptors (Lipinski definition) is 4. The quantitative estimate of drug-likeness (QED) is 0.743. The van der Waals surface area contributed by atoms with Gasteiger partial charge in [-0.15, -0.1) is 0 Å². The molecule has 0 radical (unpaired) electrons. The van der Waals surface area contributed by atoms with Crippen LogP contribution in [-0.2, 0) is 6.42 Å². The molecule has 132 valence electrons. The minimum atomic E-state index is -0.101. The van der Waals surface area contributed by atoms with Crippen molar-refractivity contribution >= 4 is 16.9 Å². The zero-order valence-corrected chi connectivity index (χ0v) is 15.1. The molecule has 0 unspecified atom stereocenters. The Kier molecular flexibility index (Phi) is 4.88. The first-order chi connectivity index (χ1) is 12.0. The number of rotatable bonds is 6. The number of carbonyl (C=O) groups is 1. The van der Waals surface area contributed by atoms with E-state index in [1.807, 2.05) is 36.7 Å². The Bertz CT molecular complexity index is 865. The highest BCUT2D eigenvalue weighted by Gasteiger charge is 2.17. The molecule has 0 spiro atoms. The van der Waals surface area contributed by atoms with Crippen LogP contribution in [0.2, 0.25) is 0 Å². The smallest absolute Gasteiger partial charge is 0.253 e. The molecular formula is C19H24N4O2. The van der Waals surface area contributed by atoms with Gasteiger partial charge in [-0.2, -0.15) is 5.10 Å². The molecule has 1 N–H and O–H groups in total. The second-order valence-corrected chi connectivity index (χ2v) is 6.71. The normalized spacial score (nSPS) is 12.7. The predicted octanol–water partition coefficient (Wildman–Crippen LogP) is 3.66. The SMILES string of the molecule is Cc1nc2c(cnn2C(C)C)cc1C(=O)N[C@@H](C)CCc1ccco1. The van der Waals surface area contributed by atoms with E-state index in [2.05, 4.69) is 29.2 Å². The summed E-state index contributed by atoms with van der Waals surface area (Å²) in [6.45, 7) is 7.98. The van der Waals surface area contributed by atoms with Crippen molar-refractivity contribution in [3.63, 3.8) is 0 Å². The highest BCUT2D eigenvalue weighted by Crippen LogP contribution is 2.19. The number of hydrogen-bond donors (Lipinski definition) is 1. The number of carbonyl (C=O) groups excluding carboxylic acids is 1. The maximum Gasteiger partial charge on any atom is 0.253 e. The van der Waals surface area contributed by atoms with E-state index in [4.69, 9.17) is 4.42 Å². The largest absolute Gasteiger partial charge is 0.469 e. The maximum absolute atomic E-state index is 12.6.